The van der Waals surface area contributed by atoms with E-state index in [1.807, 2.05) is 4.83 Å². The van der Waals surface area contributed by atoms with Crippen LogP contribution in [0.3, 0.4) is 0 Å². The van der Waals surface area contributed by atoms with Crippen molar-refractivity contribution in [2.75, 3.05) is 7.11 Å². The van der Waals surface area contributed by atoms with Gasteiger partial charge in [-0.1, -0.05) is 12.1 Å². The Morgan fingerprint density at radius 3 is 2.50 bits per heavy atom. The molecular weight excluding hydrogens is 308 g/mol. The van der Waals surface area contributed by atoms with E-state index >= 15 is 0 Å². The van der Waals surface area contributed by atoms with Gasteiger partial charge >= 0.3 is 0 Å². The second-order valence-corrected chi connectivity index (χ2v) is 6.19. The van der Waals surface area contributed by atoms with E-state index in [4.69, 9.17) is 9.15 Å². The van der Waals surface area contributed by atoms with Gasteiger partial charge in [0.05, 0.1) is 12.7 Å². The number of aryl methyl sites for hydroxylation is 2. The fourth-order valence-electron chi connectivity index (χ4n) is 1.93. The minimum absolute atomic E-state index is 0.0714. The van der Waals surface area contributed by atoms with Crippen molar-refractivity contribution in [3.8, 4) is 5.75 Å². The molecule has 0 atom stereocenters. The van der Waals surface area contributed by atoms with Crippen LogP contribution in [-0.2, 0) is 10.0 Å². The predicted octanol–water partition coefficient (Wildman–Crippen LogP) is 1.53. The van der Waals surface area contributed by atoms with Gasteiger partial charge in [0.1, 0.15) is 22.2 Å². The highest BCUT2D eigenvalue weighted by Crippen LogP contribution is 2.22. The summed E-state index contributed by atoms with van der Waals surface area (Å²) in [5, 5.41) is 0. The molecule has 1 amide bonds. The molecule has 0 spiro atoms. The number of carbonyl (C=O) groups is 1. The Balaban J connectivity index is 2.16. The summed E-state index contributed by atoms with van der Waals surface area (Å²) in [4.78, 5) is 13.9. The Bertz CT molecular complexity index is 795. The van der Waals surface area contributed by atoms with Crippen LogP contribution in [0.5, 0.6) is 5.75 Å². The van der Waals surface area contributed by atoms with Gasteiger partial charge in [-0.05, 0) is 32.0 Å². The van der Waals surface area contributed by atoms with E-state index in [0.717, 1.165) is 0 Å². The monoisotopic (exact) mass is 324 g/mol. The Hall–Kier alpha value is -2.32. The summed E-state index contributed by atoms with van der Waals surface area (Å²) < 4.78 is 34.6. The van der Waals surface area contributed by atoms with E-state index in [1.54, 1.807) is 26.0 Å². The Kier molecular flexibility index (Phi) is 4.53. The molecule has 7 nitrogen and oxygen atoms in total. The SMILES string of the molecule is COc1ccccc1S(=O)(=O)NNC(=O)c1cc(C)oc1C. The van der Waals surface area contributed by atoms with E-state index in [-0.39, 0.29) is 16.2 Å². The lowest BCUT2D eigenvalue weighted by molar-refractivity contribution is 0.0943. The van der Waals surface area contributed by atoms with Crippen molar-refractivity contribution < 1.29 is 22.4 Å². The summed E-state index contributed by atoms with van der Waals surface area (Å²) in [6, 6.07) is 7.62. The Morgan fingerprint density at radius 1 is 1.23 bits per heavy atom. The molecule has 0 aliphatic rings. The average molecular weight is 324 g/mol. The van der Waals surface area contributed by atoms with Crippen LogP contribution >= 0.6 is 0 Å². The molecule has 0 aliphatic carbocycles. The highest BCUT2D eigenvalue weighted by atomic mass is 32.2. The maximum Gasteiger partial charge on any atom is 0.269 e. The smallest absolute Gasteiger partial charge is 0.269 e. The summed E-state index contributed by atoms with van der Waals surface area (Å²) in [5.41, 5.74) is 2.41. The molecule has 0 saturated carbocycles. The maximum absolute atomic E-state index is 12.2. The number of methoxy groups -OCH3 is 1. The number of rotatable bonds is 5. The quantitative estimate of drug-likeness (QED) is 0.813. The first-order valence-corrected chi connectivity index (χ1v) is 7.85. The normalized spacial score (nSPS) is 11.2. The van der Waals surface area contributed by atoms with Gasteiger partial charge in [0, 0.05) is 0 Å². The Morgan fingerprint density at radius 2 is 1.91 bits per heavy atom. The van der Waals surface area contributed by atoms with E-state index in [2.05, 4.69) is 5.43 Å². The molecule has 1 aromatic carbocycles. The van der Waals surface area contributed by atoms with E-state index in [0.29, 0.717) is 11.5 Å². The van der Waals surface area contributed by atoms with Crippen molar-refractivity contribution in [2.45, 2.75) is 18.7 Å². The molecule has 0 unspecified atom stereocenters. The summed E-state index contributed by atoms with van der Waals surface area (Å²) in [6.07, 6.45) is 0. The number of carbonyl (C=O) groups excluding carboxylic acids is 1. The molecule has 0 fully saturated rings. The minimum Gasteiger partial charge on any atom is -0.495 e. The number of nitrogens with one attached hydrogen (secondary N) is 2. The highest BCUT2D eigenvalue weighted by molar-refractivity contribution is 7.89. The summed E-state index contributed by atoms with van der Waals surface area (Å²) in [6.45, 7) is 3.32. The van der Waals surface area contributed by atoms with Crippen LogP contribution < -0.4 is 15.0 Å². The molecule has 0 radical (unpaired) electrons. The molecule has 1 aromatic heterocycles. The Labute approximate surface area is 128 Å². The fraction of sp³-hybridized carbons (Fsp3) is 0.214. The summed E-state index contributed by atoms with van der Waals surface area (Å²) in [5.74, 6) is 0.550. The van der Waals surface area contributed by atoms with E-state index in [1.165, 1.54) is 25.3 Å². The number of hydrazine groups is 1. The number of hydrogen-bond acceptors (Lipinski definition) is 5. The maximum atomic E-state index is 12.2. The number of furan rings is 1. The topological polar surface area (TPSA) is 97.6 Å². The van der Waals surface area contributed by atoms with Crippen LogP contribution in [0.25, 0.3) is 0 Å². The molecule has 2 aromatic rings. The van der Waals surface area contributed by atoms with Gasteiger partial charge < -0.3 is 9.15 Å². The number of para-hydroxylation sites is 1. The van der Waals surface area contributed by atoms with Crippen LogP contribution in [-0.4, -0.2) is 21.4 Å². The van der Waals surface area contributed by atoms with Crippen LogP contribution in [0.2, 0.25) is 0 Å². The molecule has 0 aliphatic heterocycles. The molecule has 118 valence electrons. The van der Waals surface area contributed by atoms with Crippen molar-refractivity contribution in [1.29, 1.82) is 0 Å². The number of hydrogen-bond donors (Lipinski definition) is 2. The van der Waals surface area contributed by atoms with Crippen LogP contribution in [0, 0.1) is 13.8 Å². The number of sulfonamides is 1. The van der Waals surface area contributed by atoms with Gasteiger partial charge in [-0.3, -0.25) is 10.2 Å². The van der Waals surface area contributed by atoms with Gasteiger partial charge in [0.15, 0.2) is 0 Å². The summed E-state index contributed by atoms with van der Waals surface area (Å²) >= 11 is 0. The molecule has 2 rings (SSSR count). The second kappa shape index (κ2) is 6.20. The first-order valence-electron chi connectivity index (χ1n) is 6.37. The van der Waals surface area contributed by atoms with Gasteiger partial charge in [0.2, 0.25) is 0 Å². The molecule has 2 N–H and O–H groups in total. The lowest BCUT2D eigenvalue weighted by Crippen LogP contribution is -2.41. The molecule has 8 heteroatoms. The van der Waals surface area contributed by atoms with Crippen LogP contribution in [0.15, 0.2) is 39.6 Å². The molecule has 22 heavy (non-hydrogen) atoms. The van der Waals surface area contributed by atoms with Crippen molar-refractivity contribution in [3.63, 3.8) is 0 Å². The van der Waals surface area contributed by atoms with Gasteiger partial charge in [-0.15, -0.1) is 4.83 Å². The fourth-order valence-corrected chi connectivity index (χ4v) is 2.94. The lowest BCUT2D eigenvalue weighted by atomic mass is 10.2. The van der Waals surface area contributed by atoms with Crippen LogP contribution in [0.1, 0.15) is 21.9 Å². The third-order valence-corrected chi connectivity index (χ3v) is 4.23. The third-order valence-electron chi connectivity index (χ3n) is 2.94. The third kappa shape index (κ3) is 3.29. The van der Waals surface area contributed by atoms with Crippen molar-refractivity contribution >= 4 is 15.9 Å². The van der Waals surface area contributed by atoms with Crippen LogP contribution in [0.4, 0.5) is 0 Å². The number of amides is 1. The van der Waals surface area contributed by atoms with Gasteiger partial charge in [-0.25, -0.2) is 8.42 Å². The van der Waals surface area contributed by atoms with E-state index < -0.39 is 15.9 Å². The average Bonchev–Trinajstić information content (AvgIpc) is 2.83. The standard InChI is InChI=1S/C14H16N2O5S/c1-9-8-11(10(2)21-9)14(17)15-16-22(18,19)13-7-5-4-6-12(13)20-3/h4-8,16H,1-3H3,(H,15,17). The highest BCUT2D eigenvalue weighted by Gasteiger charge is 2.21. The van der Waals surface area contributed by atoms with E-state index in [9.17, 15) is 13.2 Å². The largest absolute Gasteiger partial charge is 0.495 e. The molecule has 0 saturated heterocycles. The second-order valence-electron chi connectivity index (χ2n) is 4.54. The zero-order valence-electron chi connectivity index (χ0n) is 12.3. The van der Waals surface area contributed by atoms with Gasteiger partial charge in [-0.2, -0.15) is 0 Å². The van der Waals surface area contributed by atoms with Crippen molar-refractivity contribution in [2.24, 2.45) is 0 Å². The number of benzene rings is 1. The predicted molar refractivity (Wildman–Crippen MR) is 79.0 cm³/mol. The first-order chi connectivity index (χ1) is 10.3. The molecule has 1 heterocycles. The van der Waals surface area contributed by atoms with Crippen molar-refractivity contribution in [1.82, 2.24) is 10.3 Å². The zero-order chi connectivity index (χ0) is 16.3. The zero-order valence-corrected chi connectivity index (χ0v) is 13.2. The van der Waals surface area contributed by atoms with Crippen molar-refractivity contribution in [3.05, 3.63) is 47.4 Å². The lowest BCUT2D eigenvalue weighted by Gasteiger charge is -2.11. The first kappa shape index (κ1) is 16.1. The van der Waals surface area contributed by atoms with Gasteiger partial charge in [0.25, 0.3) is 15.9 Å². The minimum atomic E-state index is -3.95. The molecule has 0 bridgehead atoms. The molecular formula is C14H16N2O5S. The number of ether oxygens (including phenoxy) is 1. The summed E-state index contributed by atoms with van der Waals surface area (Å²) in [7, 11) is -2.58.